The second-order valence-electron chi connectivity index (χ2n) is 9.71. The fraction of sp³-hybridized carbons (Fsp3) is 0.393. The summed E-state index contributed by atoms with van der Waals surface area (Å²) in [4.78, 5) is 20.9. The lowest BCUT2D eigenvalue weighted by Gasteiger charge is -2.61. The second-order valence-corrected chi connectivity index (χ2v) is 12.4. The highest BCUT2D eigenvalue weighted by molar-refractivity contribution is 14.1. The van der Waals surface area contributed by atoms with E-state index in [0.29, 0.717) is 35.7 Å². The Balaban J connectivity index is 1.60. The maximum absolute atomic E-state index is 13.8. The Morgan fingerprint density at radius 2 is 1.78 bits per heavy atom. The number of carbonyl (C=O) groups is 1. The van der Waals surface area contributed by atoms with Crippen molar-refractivity contribution in [1.29, 1.82) is 0 Å². The highest BCUT2D eigenvalue weighted by Gasteiger charge is 2.66. The van der Waals surface area contributed by atoms with Crippen molar-refractivity contribution in [3.8, 4) is 0 Å². The van der Waals surface area contributed by atoms with Crippen molar-refractivity contribution < 1.29 is 23.2 Å². The molecule has 3 fully saturated rings. The normalized spacial score (nSPS) is 25.7. The van der Waals surface area contributed by atoms with Crippen LogP contribution in [0.4, 0.5) is 0 Å². The van der Waals surface area contributed by atoms with Crippen LogP contribution in [0.25, 0.3) is 10.9 Å². The summed E-state index contributed by atoms with van der Waals surface area (Å²) >= 11 is 2.33. The summed E-state index contributed by atoms with van der Waals surface area (Å²) in [6, 6.07) is 17.0. The standard InChI is InChI=1S/C28H31IN2O5S/c1-18(37(33)20-10-6-5-7-11-20)16-31-17-19-14-27(26(32)34-2,23(31)15-28(19,35-3)36-4)25-24(29)21-12-8-9-13-22(21)30-25/h5-13,19,23,30H,1,14-17H2,2-4H3/t19-,23+,27+,37?/m0/s1. The van der Waals surface area contributed by atoms with Crippen molar-refractivity contribution in [2.75, 3.05) is 34.4 Å². The van der Waals surface area contributed by atoms with Crippen molar-refractivity contribution in [2.24, 2.45) is 5.92 Å². The zero-order chi connectivity index (χ0) is 26.4. The van der Waals surface area contributed by atoms with Crippen molar-refractivity contribution in [3.63, 3.8) is 0 Å². The monoisotopic (exact) mass is 634 g/mol. The number of methoxy groups -OCH3 is 3. The minimum absolute atomic E-state index is 0.133. The Morgan fingerprint density at radius 1 is 1.11 bits per heavy atom. The molecule has 37 heavy (non-hydrogen) atoms. The number of fused-ring (bicyclic) bond motifs is 4. The first kappa shape index (κ1) is 26.6. The van der Waals surface area contributed by atoms with E-state index in [4.69, 9.17) is 14.2 Å². The molecule has 6 rings (SSSR count). The number of nitrogens with zero attached hydrogens (tertiary/aromatic N) is 1. The van der Waals surface area contributed by atoms with Gasteiger partial charge in [0.1, 0.15) is 5.41 Å². The number of aromatic amines is 1. The van der Waals surface area contributed by atoms with Crippen LogP contribution in [0.5, 0.6) is 0 Å². The number of H-pyrrole nitrogens is 1. The summed E-state index contributed by atoms with van der Waals surface area (Å²) in [6.07, 6.45) is 0.954. The number of aromatic nitrogens is 1. The zero-order valence-corrected chi connectivity index (χ0v) is 24.1. The fourth-order valence-corrected chi connectivity index (χ4v) is 8.39. The van der Waals surface area contributed by atoms with E-state index in [1.54, 1.807) is 14.2 Å². The largest absolute Gasteiger partial charge is 0.468 e. The summed E-state index contributed by atoms with van der Waals surface area (Å²) in [5.74, 6) is -1.25. The molecule has 2 bridgehead atoms. The number of ether oxygens (including phenoxy) is 3. The third-order valence-corrected chi connectivity index (χ3v) is 10.5. The molecular formula is C28H31IN2O5S. The Morgan fingerprint density at radius 3 is 2.41 bits per heavy atom. The zero-order valence-electron chi connectivity index (χ0n) is 21.2. The number of hydrogen-bond donors (Lipinski definition) is 1. The first-order valence-corrected chi connectivity index (χ1v) is 14.4. The predicted octanol–water partition coefficient (Wildman–Crippen LogP) is 4.59. The van der Waals surface area contributed by atoms with Gasteiger partial charge in [0, 0.05) is 75.7 Å². The van der Waals surface area contributed by atoms with Gasteiger partial charge in [0.05, 0.1) is 17.9 Å². The molecule has 2 aromatic carbocycles. The van der Waals surface area contributed by atoms with Gasteiger partial charge in [-0.05, 0) is 47.2 Å². The average molecular weight is 635 g/mol. The summed E-state index contributed by atoms with van der Waals surface area (Å²) in [5, 5.41) is 1.06. The molecule has 2 aliphatic heterocycles. The van der Waals surface area contributed by atoms with E-state index in [0.717, 1.165) is 20.2 Å². The molecule has 7 nitrogen and oxygen atoms in total. The molecule has 2 saturated heterocycles. The number of hydrogen-bond acceptors (Lipinski definition) is 6. The molecule has 9 heteroatoms. The number of nitrogens with one attached hydrogen (secondary N) is 1. The minimum atomic E-state index is -1.38. The third-order valence-electron chi connectivity index (χ3n) is 8.06. The van der Waals surface area contributed by atoms with E-state index in [-0.39, 0.29) is 17.9 Å². The third kappa shape index (κ3) is 4.19. The van der Waals surface area contributed by atoms with Crippen molar-refractivity contribution in [2.45, 2.75) is 35.0 Å². The maximum atomic E-state index is 13.8. The number of piperidine rings is 2. The molecule has 1 aromatic heterocycles. The van der Waals surface area contributed by atoms with E-state index >= 15 is 0 Å². The molecular weight excluding hydrogens is 603 g/mol. The van der Waals surface area contributed by atoms with Gasteiger partial charge in [0.25, 0.3) is 0 Å². The Labute approximate surface area is 233 Å². The van der Waals surface area contributed by atoms with Crippen LogP contribution in [0, 0.1) is 9.49 Å². The molecule has 1 aliphatic carbocycles. The van der Waals surface area contributed by atoms with Gasteiger partial charge < -0.3 is 19.2 Å². The number of carbonyl (C=O) groups excluding carboxylic acids is 1. The molecule has 1 saturated carbocycles. The number of halogens is 1. The fourth-order valence-electron chi connectivity index (χ4n) is 6.29. The maximum Gasteiger partial charge on any atom is 0.319 e. The molecule has 196 valence electrons. The highest BCUT2D eigenvalue weighted by Crippen LogP contribution is 2.55. The van der Waals surface area contributed by atoms with Crippen LogP contribution in [-0.4, -0.2) is 66.3 Å². The van der Waals surface area contributed by atoms with Gasteiger partial charge in [-0.25, -0.2) is 4.21 Å². The summed E-state index contributed by atoms with van der Waals surface area (Å²) < 4.78 is 31.7. The molecule has 3 aliphatic rings. The van der Waals surface area contributed by atoms with Crippen molar-refractivity contribution >= 4 is 50.3 Å². The minimum Gasteiger partial charge on any atom is -0.468 e. The molecule has 4 atom stereocenters. The van der Waals surface area contributed by atoms with Gasteiger partial charge in [-0.3, -0.25) is 9.69 Å². The smallest absolute Gasteiger partial charge is 0.319 e. The molecule has 0 amide bonds. The first-order chi connectivity index (χ1) is 17.8. The number of benzene rings is 2. The second kappa shape index (κ2) is 10.3. The van der Waals surface area contributed by atoms with E-state index in [9.17, 15) is 9.00 Å². The van der Waals surface area contributed by atoms with E-state index in [1.165, 1.54) is 7.11 Å². The van der Waals surface area contributed by atoms with Crippen LogP contribution in [0.15, 0.2) is 71.0 Å². The molecule has 0 spiro atoms. The van der Waals surface area contributed by atoms with Crippen LogP contribution in [0.2, 0.25) is 0 Å². The SMILES string of the molecule is C=C(CN1C[C@@H]2C[C@](C(=O)OC)(c3[nH]c4ccccc4c3I)[C@H]1CC2(OC)OC)S(=O)c1ccccc1. The quantitative estimate of drug-likeness (QED) is 0.222. The predicted molar refractivity (Wildman–Crippen MR) is 152 cm³/mol. The van der Waals surface area contributed by atoms with E-state index in [1.807, 2.05) is 48.5 Å². The van der Waals surface area contributed by atoms with Gasteiger partial charge in [0.15, 0.2) is 5.79 Å². The topological polar surface area (TPSA) is 80.9 Å². The van der Waals surface area contributed by atoms with Gasteiger partial charge in [-0.1, -0.05) is 43.0 Å². The summed E-state index contributed by atoms with van der Waals surface area (Å²) in [5.41, 5.74) is 0.830. The Kier molecular flexibility index (Phi) is 7.36. The Hall–Kier alpha value is -2.05. The number of esters is 1. The summed E-state index contributed by atoms with van der Waals surface area (Å²) in [7, 11) is 3.38. The highest BCUT2D eigenvalue weighted by atomic mass is 127. The first-order valence-electron chi connectivity index (χ1n) is 12.2. The summed E-state index contributed by atoms with van der Waals surface area (Å²) in [6.45, 7) is 5.19. The number of para-hydroxylation sites is 1. The van der Waals surface area contributed by atoms with Crippen LogP contribution < -0.4 is 0 Å². The molecule has 1 unspecified atom stereocenters. The molecule has 3 heterocycles. The van der Waals surface area contributed by atoms with Crippen LogP contribution in [-0.2, 0) is 35.2 Å². The van der Waals surface area contributed by atoms with Crippen molar-refractivity contribution in [3.05, 3.63) is 75.3 Å². The molecule has 3 aromatic rings. The van der Waals surface area contributed by atoms with Gasteiger partial charge >= 0.3 is 5.97 Å². The molecule has 1 N–H and O–H groups in total. The van der Waals surface area contributed by atoms with Crippen LogP contribution in [0.1, 0.15) is 18.5 Å². The van der Waals surface area contributed by atoms with Crippen LogP contribution in [0.3, 0.4) is 0 Å². The lowest BCUT2D eigenvalue weighted by Crippen LogP contribution is -2.72. The number of rotatable bonds is 8. The van der Waals surface area contributed by atoms with Crippen molar-refractivity contribution in [1.82, 2.24) is 9.88 Å². The van der Waals surface area contributed by atoms with Gasteiger partial charge in [0.2, 0.25) is 0 Å². The van der Waals surface area contributed by atoms with E-state index in [2.05, 4.69) is 45.1 Å². The lowest BCUT2D eigenvalue weighted by molar-refractivity contribution is -0.296. The van der Waals surface area contributed by atoms with Gasteiger partial charge in [-0.2, -0.15) is 0 Å². The Bertz CT molecular complexity index is 1360. The molecule has 0 radical (unpaired) electrons. The average Bonchev–Trinajstić information content (AvgIpc) is 3.29. The van der Waals surface area contributed by atoms with Gasteiger partial charge in [-0.15, -0.1) is 0 Å². The van der Waals surface area contributed by atoms with Crippen LogP contribution >= 0.6 is 22.6 Å². The van der Waals surface area contributed by atoms with E-state index < -0.39 is 22.0 Å². The lowest BCUT2D eigenvalue weighted by atomic mass is 9.58.